The minimum Gasteiger partial charge on any atom is -0.496 e. The van der Waals surface area contributed by atoms with Crippen molar-refractivity contribution in [2.45, 2.75) is 10.9 Å². The molecular formula is C13H16Br2O4. The van der Waals surface area contributed by atoms with E-state index in [9.17, 15) is 0 Å². The van der Waals surface area contributed by atoms with Crippen LogP contribution in [0.15, 0.2) is 16.6 Å². The van der Waals surface area contributed by atoms with Crippen molar-refractivity contribution in [3.05, 3.63) is 22.2 Å². The van der Waals surface area contributed by atoms with Gasteiger partial charge in [0.25, 0.3) is 0 Å². The van der Waals surface area contributed by atoms with Crippen molar-refractivity contribution in [2.75, 3.05) is 34.0 Å². The summed E-state index contributed by atoms with van der Waals surface area (Å²) in [7, 11) is 3.29. The van der Waals surface area contributed by atoms with Gasteiger partial charge in [-0.25, -0.2) is 0 Å². The second-order valence-corrected chi connectivity index (χ2v) is 5.96. The first kappa shape index (κ1) is 15.1. The number of benzene rings is 1. The highest BCUT2D eigenvalue weighted by atomic mass is 79.9. The normalized spacial score (nSPS) is 20.9. The lowest BCUT2D eigenvalue weighted by Gasteiger charge is -2.28. The molecule has 4 nitrogen and oxygen atoms in total. The number of hydrogen-bond donors (Lipinski definition) is 0. The average Bonchev–Trinajstić information content (AvgIpc) is 2.47. The number of halogens is 2. The Balaban J connectivity index is 2.30. The van der Waals surface area contributed by atoms with Crippen LogP contribution < -0.4 is 9.47 Å². The summed E-state index contributed by atoms with van der Waals surface area (Å²) in [5.74, 6) is 1.54. The van der Waals surface area contributed by atoms with Crippen molar-refractivity contribution in [3.63, 3.8) is 0 Å². The Morgan fingerprint density at radius 2 is 1.95 bits per heavy atom. The molecule has 0 radical (unpaired) electrons. The molecule has 0 aliphatic carbocycles. The predicted molar refractivity (Wildman–Crippen MR) is 79.5 cm³/mol. The van der Waals surface area contributed by atoms with Crippen LogP contribution in [0.3, 0.4) is 0 Å². The number of ether oxygens (including phenoxy) is 4. The van der Waals surface area contributed by atoms with Crippen molar-refractivity contribution in [3.8, 4) is 11.5 Å². The molecule has 1 fully saturated rings. The van der Waals surface area contributed by atoms with E-state index in [0.29, 0.717) is 19.8 Å². The van der Waals surface area contributed by atoms with Gasteiger partial charge in [-0.1, -0.05) is 15.9 Å². The maximum absolute atomic E-state index is 5.72. The third-order valence-electron chi connectivity index (χ3n) is 2.97. The molecule has 1 saturated heterocycles. The minimum atomic E-state index is -0.0338. The predicted octanol–water partition coefficient (Wildman–Crippen LogP) is 3.32. The molecular weight excluding hydrogens is 380 g/mol. The van der Waals surface area contributed by atoms with E-state index < -0.39 is 0 Å². The van der Waals surface area contributed by atoms with Gasteiger partial charge in [-0.15, -0.1) is 0 Å². The Kier molecular flexibility index (Phi) is 5.50. The summed E-state index contributed by atoms with van der Waals surface area (Å²) >= 11 is 7.12. The fourth-order valence-electron chi connectivity index (χ4n) is 1.97. The molecule has 6 heteroatoms. The fraction of sp³-hybridized carbons (Fsp3) is 0.538. The standard InChI is InChI=1S/C13H16Br2O4/c1-16-10-6-9(14)11(17-2)5-8(10)13(15)12-7-18-3-4-19-12/h5-6,12-13H,3-4,7H2,1-2H3. The SMILES string of the molecule is COc1cc(C(Br)C2COCCO2)c(OC)cc1Br. The van der Waals surface area contributed by atoms with E-state index in [2.05, 4.69) is 31.9 Å². The summed E-state index contributed by atoms with van der Waals surface area (Å²) in [6.45, 7) is 1.83. The summed E-state index contributed by atoms with van der Waals surface area (Å²) in [4.78, 5) is -0.00949. The van der Waals surface area contributed by atoms with Crippen LogP contribution in [0.25, 0.3) is 0 Å². The zero-order valence-corrected chi connectivity index (χ0v) is 14.0. The van der Waals surface area contributed by atoms with Crippen LogP contribution in [0.5, 0.6) is 11.5 Å². The van der Waals surface area contributed by atoms with E-state index >= 15 is 0 Å². The van der Waals surface area contributed by atoms with Crippen LogP contribution in [0.4, 0.5) is 0 Å². The first-order valence-corrected chi connectivity index (χ1v) is 7.63. The average molecular weight is 396 g/mol. The lowest BCUT2D eigenvalue weighted by atomic mass is 10.1. The van der Waals surface area contributed by atoms with Crippen LogP contribution in [0.2, 0.25) is 0 Å². The molecule has 0 amide bonds. The smallest absolute Gasteiger partial charge is 0.133 e. The van der Waals surface area contributed by atoms with E-state index in [1.807, 2.05) is 12.1 Å². The van der Waals surface area contributed by atoms with Crippen molar-refractivity contribution >= 4 is 31.9 Å². The number of rotatable bonds is 4. The maximum Gasteiger partial charge on any atom is 0.133 e. The molecule has 0 saturated carbocycles. The molecule has 1 heterocycles. The second kappa shape index (κ2) is 6.92. The first-order chi connectivity index (χ1) is 9.17. The molecule has 106 valence electrons. The van der Waals surface area contributed by atoms with Crippen LogP contribution in [-0.2, 0) is 9.47 Å². The quantitative estimate of drug-likeness (QED) is 0.733. The second-order valence-electron chi connectivity index (χ2n) is 4.11. The van der Waals surface area contributed by atoms with Gasteiger partial charge >= 0.3 is 0 Å². The first-order valence-electron chi connectivity index (χ1n) is 5.92. The third-order valence-corrected chi connectivity index (χ3v) is 4.67. The van der Waals surface area contributed by atoms with Crippen molar-refractivity contribution < 1.29 is 18.9 Å². The molecule has 2 unspecified atom stereocenters. The molecule has 1 aromatic rings. The molecule has 19 heavy (non-hydrogen) atoms. The molecule has 1 aliphatic rings. The zero-order chi connectivity index (χ0) is 13.8. The summed E-state index contributed by atoms with van der Waals surface area (Å²) in [6.07, 6.45) is -0.0338. The van der Waals surface area contributed by atoms with Gasteiger partial charge in [0.2, 0.25) is 0 Å². The van der Waals surface area contributed by atoms with E-state index in [1.54, 1.807) is 14.2 Å². The van der Waals surface area contributed by atoms with Crippen LogP contribution in [0.1, 0.15) is 10.4 Å². The molecule has 0 bridgehead atoms. The highest BCUT2D eigenvalue weighted by Crippen LogP contribution is 2.41. The number of methoxy groups -OCH3 is 2. The topological polar surface area (TPSA) is 36.9 Å². The molecule has 2 rings (SSSR count). The van der Waals surface area contributed by atoms with Gasteiger partial charge in [0.05, 0.1) is 49.4 Å². The summed E-state index contributed by atoms with van der Waals surface area (Å²) in [5.41, 5.74) is 0.984. The lowest BCUT2D eigenvalue weighted by molar-refractivity contribution is -0.0877. The highest BCUT2D eigenvalue weighted by molar-refractivity contribution is 9.10. The summed E-state index contributed by atoms with van der Waals surface area (Å²) in [6, 6.07) is 3.84. The van der Waals surface area contributed by atoms with E-state index in [-0.39, 0.29) is 10.9 Å². The van der Waals surface area contributed by atoms with Gasteiger partial charge in [0, 0.05) is 5.56 Å². The van der Waals surface area contributed by atoms with Crippen LogP contribution >= 0.6 is 31.9 Å². The molecule has 2 atom stereocenters. The van der Waals surface area contributed by atoms with E-state index in [4.69, 9.17) is 18.9 Å². The minimum absolute atomic E-state index is 0.00949. The van der Waals surface area contributed by atoms with E-state index in [1.165, 1.54) is 0 Å². The largest absolute Gasteiger partial charge is 0.496 e. The zero-order valence-electron chi connectivity index (χ0n) is 10.8. The Bertz CT molecular complexity index is 433. The van der Waals surface area contributed by atoms with Crippen LogP contribution in [0, 0.1) is 0 Å². The number of hydrogen-bond acceptors (Lipinski definition) is 4. The van der Waals surface area contributed by atoms with Gasteiger partial charge in [0.1, 0.15) is 11.5 Å². The molecule has 0 aromatic heterocycles. The molecule has 0 spiro atoms. The van der Waals surface area contributed by atoms with Crippen molar-refractivity contribution in [1.29, 1.82) is 0 Å². The highest BCUT2D eigenvalue weighted by Gasteiger charge is 2.27. The Labute approximate surface area is 129 Å². The van der Waals surface area contributed by atoms with Crippen molar-refractivity contribution in [1.82, 2.24) is 0 Å². The third kappa shape index (κ3) is 3.42. The summed E-state index contributed by atoms with van der Waals surface area (Å²) < 4.78 is 22.8. The number of alkyl halides is 1. The monoisotopic (exact) mass is 394 g/mol. The maximum atomic E-state index is 5.72. The van der Waals surface area contributed by atoms with E-state index in [0.717, 1.165) is 21.5 Å². The Hall–Kier alpha value is -0.300. The molecule has 1 aromatic carbocycles. The van der Waals surface area contributed by atoms with Gasteiger partial charge in [-0.05, 0) is 28.1 Å². The van der Waals surface area contributed by atoms with Gasteiger partial charge in [-0.2, -0.15) is 0 Å². The van der Waals surface area contributed by atoms with Gasteiger partial charge in [-0.3, -0.25) is 0 Å². The fourth-order valence-corrected chi connectivity index (χ4v) is 3.12. The Morgan fingerprint density at radius 3 is 2.53 bits per heavy atom. The van der Waals surface area contributed by atoms with Gasteiger partial charge in [0.15, 0.2) is 0 Å². The van der Waals surface area contributed by atoms with Crippen molar-refractivity contribution in [2.24, 2.45) is 0 Å². The molecule has 0 N–H and O–H groups in total. The van der Waals surface area contributed by atoms with Gasteiger partial charge < -0.3 is 18.9 Å². The summed E-state index contributed by atoms with van der Waals surface area (Å²) in [5, 5.41) is 0. The lowest BCUT2D eigenvalue weighted by Crippen LogP contribution is -2.31. The van der Waals surface area contributed by atoms with Crippen LogP contribution in [-0.4, -0.2) is 40.1 Å². The Morgan fingerprint density at radius 1 is 1.21 bits per heavy atom. The molecule has 1 aliphatic heterocycles.